The zero-order valence-electron chi connectivity index (χ0n) is 13.0. The summed E-state index contributed by atoms with van der Waals surface area (Å²) in [5.74, 6) is 0.591. The summed E-state index contributed by atoms with van der Waals surface area (Å²) < 4.78 is 0. The molecule has 1 aliphatic heterocycles. The summed E-state index contributed by atoms with van der Waals surface area (Å²) in [6.07, 6.45) is 3.42. The van der Waals surface area contributed by atoms with Crippen LogP contribution in [0.3, 0.4) is 0 Å². The smallest absolute Gasteiger partial charge is 0.164 e. The number of anilines is 1. The number of ketones is 1. The van der Waals surface area contributed by atoms with Crippen LogP contribution >= 0.6 is 0 Å². The Morgan fingerprint density at radius 2 is 2.00 bits per heavy atom. The van der Waals surface area contributed by atoms with E-state index in [9.17, 15) is 10.1 Å². The summed E-state index contributed by atoms with van der Waals surface area (Å²) in [6, 6.07) is 8.10. The number of hydrogen-bond donors (Lipinski definition) is 0. The fraction of sp³-hybridized carbons (Fsp3) is 0.389. The second kappa shape index (κ2) is 5.76. The van der Waals surface area contributed by atoms with Crippen LogP contribution in [0, 0.1) is 18.3 Å². The molecule has 2 heterocycles. The Balaban J connectivity index is 2.31. The summed E-state index contributed by atoms with van der Waals surface area (Å²) in [6.45, 7) is 5.30. The number of nitrogens with zero attached hydrogens (tertiary/aromatic N) is 3. The highest BCUT2D eigenvalue weighted by Crippen LogP contribution is 2.31. The van der Waals surface area contributed by atoms with E-state index in [0.717, 1.165) is 42.4 Å². The molecule has 1 aliphatic rings. The number of carbonyl (C=O) groups excluding carboxylic acids is 1. The molecule has 22 heavy (non-hydrogen) atoms. The van der Waals surface area contributed by atoms with Crippen molar-refractivity contribution < 1.29 is 4.79 Å². The Kier molecular flexibility index (Phi) is 3.81. The maximum absolute atomic E-state index is 12.2. The number of piperidine rings is 1. The van der Waals surface area contributed by atoms with Crippen LogP contribution in [-0.2, 0) is 0 Å². The summed E-state index contributed by atoms with van der Waals surface area (Å²) in [5.41, 5.74) is 2.78. The van der Waals surface area contributed by atoms with Crippen molar-refractivity contribution in [3.05, 3.63) is 34.9 Å². The normalized spacial score (nSPS) is 14.9. The number of aromatic nitrogens is 1. The van der Waals surface area contributed by atoms with Gasteiger partial charge in [-0.1, -0.05) is 11.6 Å². The first-order valence-corrected chi connectivity index (χ1v) is 7.72. The largest absolute Gasteiger partial charge is 0.356 e. The third-order valence-electron chi connectivity index (χ3n) is 4.24. The molecule has 0 spiro atoms. The van der Waals surface area contributed by atoms with Gasteiger partial charge in [0, 0.05) is 18.5 Å². The first-order chi connectivity index (χ1) is 10.6. The van der Waals surface area contributed by atoms with Crippen molar-refractivity contribution in [3.8, 4) is 6.07 Å². The minimum Gasteiger partial charge on any atom is -0.356 e. The molecule has 1 saturated heterocycles. The second-order valence-corrected chi connectivity index (χ2v) is 5.92. The molecular weight excluding hydrogens is 274 g/mol. The standard InChI is InChI=1S/C18H19N3O/c1-12-6-7-16-14(10-12)15(11-19)17(13(2)22)18(20-16)21-8-4-3-5-9-21/h6-7,10H,3-5,8-9H2,1-2H3. The van der Waals surface area contributed by atoms with Crippen LogP contribution in [0.15, 0.2) is 18.2 Å². The minimum absolute atomic E-state index is 0.0898. The molecular formula is C18H19N3O. The molecule has 4 nitrogen and oxygen atoms in total. The van der Waals surface area contributed by atoms with Gasteiger partial charge in [0.05, 0.1) is 16.6 Å². The fourth-order valence-corrected chi connectivity index (χ4v) is 3.15. The molecule has 0 aliphatic carbocycles. The monoisotopic (exact) mass is 293 g/mol. The summed E-state index contributed by atoms with van der Waals surface area (Å²) >= 11 is 0. The average molecular weight is 293 g/mol. The highest BCUT2D eigenvalue weighted by atomic mass is 16.1. The number of Topliss-reactive ketones (excluding diaryl/α,β-unsaturated/α-hetero) is 1. The van der Waals surface area contributed by atoms with Crippen molar-refractivity contribution in [2.24, 2.45) is 0 Å². The maximum atomic E-state index is 12.2. The number of pyridine rings is 1. The number of aryl methyl sites for hydroxylation is 1. The highest BCUT2D eigenvalue weighted by molar-refractivity contribution is 6.06. The van der Waals surface area contributed by atoms with Gasteiger partial charge in [-0.3, -0.25) is 4.79 Å². The van der Waals surface area contributed by atoms with Crippen LogP contribution in [0.2, 0.25) is 0 Å². The van der Waals surface area contributed by atoms with Crippen LogP contribution < -0.4 is 4.90 Å². The molecule has 1 fully saturated rings. The van der Waals surface area contributed by atoms with Gasteiger partial charge in [0.15, 0.2) is 5.78 Å². The number of fused-ring (bicyclic) bond motifs is 1. The Hall–Kier alpha value is -2.41. The Labute approximate surface area is 130 Å². The number of nitriles is 1. The predicted octanol–water partition coefficient (Wildman–Crippen LogP) is 3.61. The molecule has 0 radical (unpaired) electrons. The van der Waals surface area contributed by atoms with Gasteiger partial charge in [0.1, 0.15) is 11.9 Å². The Morgan fingerprint density at radius 3 is 2.64 bits per heavy atom. The summed E-state index contributed by atoms with van der Waals surface area (Å²) in [7, 11) is 0. The third-order valence-corrected chi connectivity index (χ3v) is 4.24. The van der Waals surface area contributed by atoms with E-state index in [1.807, 2.05) is 25.1 Å². The maximum Gasteiger partial charge on any atom is 0.164 e. The van der Waals surface area contributed by atoms with E-state index >= 15 is 0 Å². The van der Waals surface area contributed by atoms with E-state index < -0.39 is 0 Å². The number of carbonyl (C=O) groups is 1. The zero-order valence-corrected chi connectivity index (χ0v) is 13.0. The Morgan fingerprint density at radius 1 is 1.27 bits per heavy atom. The molecule has 0 atom stereocenters. The van der Waals surface area contributed by atoms with E-state index in [2.05, 4.69) is 11.0 Å². The van der Waals surface area contributed by atoms with Crippen molar-refractivity contribution in [3.63, 3.8) is 0 Å². The summed E-state index contributed by atoms with van der Waals surface area (Å²) in [4.78, 5) is 19.1. The predicted molar refractivity (Wildman–Crippen MR) is 87.3 cm³/mol. The highest BCUT2D eigenvalue weighted by Gasteiger charge is 2.23. The van der Waals surface area contributed by atoms with Crippen molar-refractivity contribution in [1.29, 1.82) is 5.26 Å². The molecule has 112 valence electrons. The van der Waals surface area contributed by atoms with Gasteiger partial charge in [-0.05, 0) is 45.2 Å². The lowest BCUT2D eigenvalue weighted by atomic mass is 9.98. The molecule has 0 bridgehead atoms. The van der Waals surface area contributed by atoms with Crippen molar-refractivity contribution in [2.75, 3.05) is 18.0 Å². The third kappa shape index (κ3) is 2.43. The van der Waals surface area contributed by atoms with Gasteiger partial charge in [-0.25, -0.2) is 4.98 Å². The van der Waals surface area contributed by atoms with Gasteiger partial charge in [0.2, 0.25) is 0 Å². The van der Waals surface area contributed by atoms with Gasteiger partial charge in [-0.2, -0.15) is 5.26 Å². The molecule has 3 rings (SSSR count). The van der Waals surface area contributed by atoms with Gasteiger partial charge in [-0.15, -0.1) is 0 Å². The second-order valence-electron chi connectivity index (χ2n) is 5.92. The topological polar surface area (TPSA) is 57.0 Å². The van der Waals surface area contributed by atoms with Crippen LogP contribution in [0.4, 0.5) is 5.82 Å². The van der Waals surface area contributed by atoms with E-state index in [4.69, 9.17) is 4.98 Å². The first-order valence-electron chi connectivity index (χ1n) is 7.72. The number of rotatable bonds is 2. The number of benzene rings is 1. The SMILES string of the molecule is CC(=O)c1c(N2CCCCC2)nc2ccc(C)cc2c1C#N. The van der Waals surface area contributed by atoms with Gasteiger partial charge < -0.3 is 4.90 Å². The lowest BCUT2D eigenvalue weighted by Gasteiger charge is -2.29. The fourth-order valence-electron chi connectivity index (χ4n) is 3.15. The van der Waals surface area contributed by atoms with Crippen LogP contribution in [0.5, 0.6) is 0 Å². The molecule has 0 unspecified atom stereocenters. The molecule has 0 N–H and O–H groups in total. The van der Waals surface area contributed by atoms with E-state index in [-0.39, 0.29) is 5.78 Å². The Bertz CT molecular complexity index is 783. The van der Waals surface area contributed by atoms with Crippen LogP contribution in [0.1, 0.15) is 47.7 Å². The minimum atomic E-state index is -0.0898. The molecule has 2 aromatic rings. The van der Waals surface area contributed by atoms with Crippen LogP contribution in [-0.4, -0.2) is 23.9 Å². The molecule has 0 amide bonds. The van der Waals surface area contributed by atoms with Crippen LogP contribution in [0.25, 0.3) is 10.9 Å². The van der Waals surface area contributed by atoms with E-state index in [1.165, 1.54) is 13.3 Å². The van der Waals surface area contributed by atoms with E-state index in [1.54, 1.807) is 0 Å². The molecule has 1 aromatic carbocycles. The molecule has 1 aromatic heterocycles. The van der Waals surface area contributed by atoms with Crippen molar-refractivity contribution in [1.82, 2.24) is 4.98 Å². The molecule has 4 heteroatoms. The number of hydrogen-bond acceptors (Lipinski definition) is 4. The van der Waals surface area contributed by atoms with Gasteiger partial charge >= 0.3 is 0 Å². The first kappa shape index (κ1) is 14.5. The molecule has 0 saturated carbocycles. The lowest BCUT2D eigenvalue weighted by Crippen LogP contribution is -2.32. The van der Waals surface area contributed by atoms with E-state index in [0.29, 0.717) is 16.9 Å². The van der Waals surface area contributed by atoms with Gasteiger partial charge in [0.25, 0.3) is 0 Å². The van der Waals surface area contributed by atoms with Crippen molar-refractivity contribution in [2.45, 2.75) is 33.1 Å². The average Bonchev–Trinajstić information content (AvgIpc) is 2.53. The zero-order chi connectivity index (χ0) is 15.7. The lowest BCUT2D eigenvalue weighted by molar-refractivity contribution is 0.101. The quantitative estimate of drug-likeness (QED) is 0.794. The van der Waals surface area contributed by atoms with Crippen molar-refractivity contribution >= 4 is 22.5 Å². The summed E-state index contributed by atoms with van der Waals surface area (Å²) in [5, 5.41) is 10.4.